The number of rotatable bonds is 2. The zero-order chi connectivity index (χ0) is 5.86. The molecule has 0 atom stereocenters. The first-order valence-corrected chi connectivity index (χ1v) is 2.78. The van der Waals surface area contributed by atoms with E-state index in [0.717, 1.165) is 0 Å². The summed E-state index contributed by atoms with van der Waals surface area (Å²) in [7, 11) is 0. The van der Waals surface area contributed by atoms with Crippen LogP contribution in [0.4, 0.5) is 0 Å². The van der Waals surface area contributed by atoms with Crippen molar-refractivity contribution in [2.75, 3.05) is 0 Å². The van der Waals surface area contributed by atoms with E-state index in [1.54, 1.807) is 0 Å². The number of carbonyl (C=O) groups is 2. The number of hydrogen-bond donors (Lipinski definition) is 0. The van der Waals surface area contributed by atoms with Crippen molar-refractivity contribution in [3.05, 3.63) is 0 Å². The van der Waals surface area contributed by atoms with Crippen molar-refractivity contribution in [1.82, 2.24) is 0 Å². The molecule has 0 fully saturated rings. The quantitative estimate of drug-likeness (QED) is 0.554. The van der Waals surface area contributed by atoms with Crippen molar-refractivity contribution in [3.63, 3.8) is 0 Å². The van der Waals surface area contributed by atoms with Crippen LogP contribution in [0.3, 0.4) is 0 Å². The van der Waals surface area contributed by atoms with Gasteiger partial charge in [-0.05, 0) is 0 Å². The van der Waals surface area contributed by atoms with E-state index in [4.69, 9.17) is 0 Å². The molecule has 0 amide bonds. The van der Waals surface area contributed by atoms with Crippen LogP contribution in [-0.4, -0.2) is 9.44 Å². The van der Waals surface area contributed by atoms with E-state index in [9.17, 15) is 9.59 Å². The Morgan fingerprint density at radius 1 is 1.14 bits per heavy atom. The topological polar surface area (TPSA) is 34.1 Å². The standard InChI is InChI=1S/2C2H3O.Co/c2*1-2-3;/h2*1H3;. The van der Waals surface area contributed by atoms with Gasteiger partial charge in [-0.2, -0.15) is 0 Å². The van der Waals surface area contributed by atoms with Gasteiger partial charge in [0.2, 0.25) is 0 Å². The Labute approximate surface area is 48.3 Å². The molecule has 0 aliphatic heterocycles. The molecule has 0 aliphatic rings. The average molecular weight is 145 g/mol. The van der Waals surface area contributed by atoms with E-state index in [2.05, 4.69) is 0 Å². The van der Waals surface area contributed by atoms with Crippen LogP contribution in [0.2, 0.25) is 0 Å². The van der Waals surface area contributed by atoms with Crippen LogP contribution in [-0.2, 0) is 24.3 Å². The summed E-state index contributed by atoms with van der Waals surface area (Å²) in [6, 6.07) is 0. The fourth-order valence-electron chi connectivity index (χ4n) is 0.165. The molecule has 0 heterocycles. The molecule has 0 radical (unpaired) electrons. The summed E-state index contributed by atoms with van der Waals surface area (Å²) in [6.07, 6.45) is 0. The van der Waals surface area contributed by atoms with Gasteiger partial charge in [0.1, 0.15) is 0 Å². The zero-order valence-electron chi connectivity index (χ0n) is 4.15. The zero-order valence-corrected chi connectivity index (χ0v) is 5.19. The second-order valence-corrected chi connectivity index (χ2v) is 2.69. The molecular weight excluding hydrogens is 139 g/mol. The molecule has 0 spiro atoms. The van der Waals surface area contributed by atoms with Gasteiger partial charge >= 0.3 is 47.6 Å². The summed E-state index contributed by atoms with van der Waals surface area (Å²) in [5.41, 5.74) is 0. The summed E-state index contributed by atoms with van der Waals surface area (Å²) in [6.45, 7) is 2.78. The van der Waals surface area contributed by atoms with Crippen molar-refractivity contribution in [2.24, 2.45) is 0 Å². The molecule has 0 unspecified atom stereocenters. The summed E-state index contributed by atoms with van der Waals surface area (Å²) in [4.78, 5) is 20.0. The first-order chi connectivity index (χ1) is 3.13. The van der Waals surface area contributed by atoms with Gasteiger partial charge in [0.05, 0.1) is 0 Å². The Bertz CT molecular complexity index is 85.9. The molecule has 0 aromatic rings. The first kappa shape index (κ1) is 6.85. The summed E-state index contributed by atoms with van der Waals surface area (Å²) >= 11 is 0.326. The van der Waals surface area contributed by atoms with Gasteiger partial charge in [-0.15, -0.1) is 0 Å². The van der Waals surface area contributed by atoms with E-state index in [-0.39, 0.29) is 9.44 Å². The monoisotopic (exact) mass is 145 g/mol. The molecule has 7 heavy (non-hydrogen) atoms. The number of hydrogen-bond acceptors (Lipinski definition) is 2. The van der Waals surface area contributed by atoms with Gasteiger partial charge in [-0.25, -0.2) is 0 Å². The van der Waals surface area contributed by atoms with Crippen molar-refractivity contribution >= 4 is 9.44 Å². The molecule has 43 valence electrons. The van der Waals surface area contributed by atoms with Gasteiger partial charge in [0, 0.05) is 0 Å². The van der Waals surface area contributed by atoms with Crippen molar-refractivity contribution in [2.45, 2.75) is 13.8 Å². The Balaban J connectivity index is 3.32. The van der Waals surface area contributed by atoms with E-state index < -0.39 is 0 Å². The van der Waals surface area contributed by atoms with Crippen LogP contribution in [0.15, 0.2) is 0 Å². The third-order valence-corrected chi connectivity index (χ3v) is 0.968. The molecule has 0 bridgehead atoms. The van der Waals surface area contributed by atoms with Gasteiger partial charge in [-0.3, -0.25) is 0 Å². The van der Waals surface area contributed by atoms with Crippen molar-refractivity contribution < 1.29 is 24.3 Å². The molecule has 0 N–H and O–H groups in total. The van der Waals surface area contributed by atoms with E-state index in [1.165, 1.54) is 13.8 Å². The third kappa shape index (κ3) is 5.85. The molecule has 0 aromatic heterocycles. The van der Waals surface area contributed by atoms with E-state index in [1.807, 2.05) is 0 Å². The fourth-order valence-corrected chi connectivity index (χ4v) is 0.681. The molecule has 0 saturated heterocycles. The maximum atomic E-state index is 10.0. The van der Waals surface area contributed by atoms with Crippen LogP contribution >= 0.6 is 0 Å². The summed E-state index contributed by atoms with van der Waals surface area (Å²) in [5.74, 6) is 0. The van der Waals surface area contributed by atoms with Crippen LogP contribution in [0.5, 0.6) is 0 Å². The Kier molecular flexibility index (Phi) is 2.87. The maximum absolute atomic E-state index is 10.0. The van der Waals surface area contributed by atoms with Gasteiger partial charge in [0.15, 0.2) is 0 Å². The predicted octanol–water partition coefficient (Wildman–Crippen LogP) is 0.162. The molecule has 2 nitrogen and oxygen atoms in total. The minimum atomic E-state index is -0.0937. The third-order valence-electron chi connectivity index (χ3n) is 0.235. The van der Waals surface area contributed by atoms with Crippen molar-refractivity contribution in [3.8, 4) is 0 Å². The molecule has 3 heteroatoms. The van der Waals surface area contributed by atoms with Crippen LogP contribution in [0, 0.1) is 0 Å². The normalized spacial score (nSPS) is 8.86. The second-order valence-electron chi connectivity index (χ2n) is 0.961. The van der Waals surface area contributed by atoms with Gasteiger partial charge in [-0.1, -0.05) is 0 Å². The van der Waals surface area contributed by atoms with Gasteiger partial charge in [0.25, 0.3) is 0 Å². The molecule has 0 aliphatic carbocycles. The van der Waals surface area contributed by atoms with Crippen molar-refractivity contribution in [1.29, 1.82) is 0 Å². The van der Waals surface area contributed by atoms with Gasteiger partial charge < -0.3 is 0 Å². The molecule has 0 rings (SSSR count). The van der Waals surface area contributed by atoms with E-state index >= 15 is 0 Å². The molecule has 0 aromatic carbocycles. The second kappa shape index (κ2) is 2.93. The molecule has 0 saturated carbocycles. The fraction of sp³-hybridized carbons (Fsp3) is 0.500. The average Bonchev–Trinajstić information content (AvgIpc) is 1.27. The van der Waals surface area contributed by atoms with Crippen LogP contribution < -0.4 is 0 Å². The Morgan fingerprint density at radius 2 is 1.43 bits per heavy atom. The summed E-state index contributed by atoms with van der Waals surface area (Å²) in [5, 5.41) is 0. The summed E-state index contributed by atoms with van der Waals surface area (Å²) < 4.78 is -0.187. The van der Waals surface area contributed by atoms with Crippen LogP contribution in [0.25, 0.3) is 0 Å². The Morgan fingerprint density at radius 3 is 1.43 bits per heavy atom. The minimum absolute atomic E-state index is 0.0937. The number of carbonyl (C=O) groups excluding carboxylic acids is 2. The Hall–Kier alpha value is -0.154. The first-order valence-electron chi connectivity index (χ1n) is 1.74. The predicted molar refractivity (Wildman–Crippen MR) is 21.4 cm³/mol. The van der Waals surface area contributed by atoms with Crippen LogP contribution in [0.1, 0.15) is 13.8 Å². The molecular formula is C4H6CoO2. The SMILES string of the molecule is C[C](=O)[Co][C](C)=O. The van der Waals surface area contributed by atoms with E-state index in [0.29, 0.717) is 14.7 Å².